The fraction of sp³-hybridized carbons (Fsp3) is 0.0909. The van der Waals surface area contributed by atoms with Crippen molar-refractivity contribution in [1.82, 2.24) is 14.9 Å². The van der Waals surface area contributed by atoms with Crippen molar-refractivity contribution in [2.75, 3.05) is 6.26 Å². The molecule has 17 heavy (non-hydrogen) atoms. The molecule has 2 rings (SSSR count). The van der Waals surface area contributed by atoms with Gasteiger partial charge in [0.2, 0.25) is 5.16 Å². The Morgan fingerprint density at radius 3 is 2.82 bits per heavy atom. The Labute approximate surface area is 102 Å². The van der Waals surface area contributed by atoms with E-state index in [9.17, 15) is 4.79 Å². The van der Waals surface area contributed by atoms with Crippen molar-refractivity contribution in [1.29, 1.82) is 0 Å². The van der Waals surface area contributed by atoms with Crippen LogP contribution in [0.1, 0.15) is 5.56 Å². The van der Waals surface area contributed by atoms with Gasteiger partial charge in [0.05, 0.1) is 6.21 Å². The molecule has 0 bridgehead atoms. The lowest BCUT2D eigenvalue weighted by molar-refractivity contribution is 0.648. The van der Waals surface area contributed by atoms with E-state index < -0.39 is 0 Å². The second-order valence-electron chi connectivity index (χ2n) is 3.14. The Hall–Kier alpha value is -1.95. The summed E-state index contributed by atoms with van der Waals surface area (Å²) in [5, 5.41) is 12.0. The molecule has 0 saturated heterocycles. The van der Waals surface area contributed by atoms with E-state index in [0.717, 1.165) is 11.8 Å². The van der Waals surface area contributed by atoms with Crippen LogP contribution >= 0.6 is 11.8 Å². The van der Waals surface area contributed by atoms with Gasteiger partial charge in [0.15, 0.2) is 0 Å². The minimum atomic E-state index is -0.295. The number of aromatic nitrogens is 3. The van der Waals surface area contributed by atoms with Crippen molar-refractivity contribution in [2.45, 2.75) is 5.16 Å². The molecular weight excluding hydrogens is 236 g/mol. The van der Waals surface area contributed by atoms with Gasteiger partial charge in [0.25, 0.3) is 5.56 Å². The number of rotatable bonds is 3. The maximum atomic E-state index is 11.6. The minimum Gasteiger partial charge on any atom is -0.265 e. The summed E-state index contributed by atoms with van der Waals surface area (Å²) in [6, 6.07) is 9.55. The van der Waals surface area contributed by atoms with Gasteiger partial charge in [-0.05, 0) is 11.8 Å². The second-order valence-corrected chi connectivity index (χ2v) is 3.91. The first-order chi connectivity index (χ1) is 8.31. The number of benzene rings is 1. The normalized spacial score (nSPS) is 10.9. The second kappa shape index (κ2) is 5.40. The van der Waals surface area contributed by atoms with Crippen LogP contribution < -0.4 is 5.56 Å². The molecule has 1 heterocycles. The predicted molar refractivity (Wildman–Crippen MR) is 67.5 cm³/mol. The predicted octanol–water partition coefficient (Wildman–Crippen LogP) is 1.24. The molecule has 0 saturated carbocycles. The van der Waals surface area contributed by atoms with Crippen LogP contribution in [-0.4, -0.2) is 27.3 Å². The molecule has 6 heteroatoms. The third kappa shape index (κ3) is 2.79. The highest BCUT2D eigenvalue weighted by molar-refractivity contribution is 7.98. The zero-order valence-electron chi connectivity index (χ0n) is 9.15. The van der Waals surface area contributed by atoms with Crippen molar-refractivity contribution >= 4 is 18.0 Å². The molecule has 0 aliphatic heterocycles. The molecule has 0 unspecified atom stereocenters. The van der Waals surface area contributed by atoms with Crippen molar-refractivity contribution in [2.24, 2.45) is 5.10 Å². The zero-order valence-corrected chi connectivity index (χ0v) is 9.96. The highest BCUT2D eigenvalue weighted by Gasteiger charge is 2.02. The Balaban J connectivity index is 2.36. The van der Waals surface area contributed by atoms with Gasteiger partial charge in [-0.15, -0.1) is 5.10 Å². The van der Waals surface area contributed by atoms with Crippen LogP contribution in [0.15, 0.2) is 51.6 Å². The zero-order chi connectivity index (χ0) is 12.1. The van der Waals surface area contributed by atoms with Gasteiger partial charge in [0.1, 0.15) is 6.20 Å². The monoisotopic (exact) mass is 246 g/mol. The van der Waals surface area contributed by atoms with Crippen molar-refractivity contribution in [3.05, 3.63) is 52.4 Å². The quantitative estimate of drug-likeness (QED) is 0.604. The molecule has 0 aliphatic rings. The molecule has 0 spiro atoms. The van der Waals surface area contributed by atoms with Gasteiger partial charge in [-0.2, -0.15) is 14.9 Å². The molecule has 86 valence electrons. The van der Waals surface area contributed by atoms with E-state index in [4.69, 9.17) is 0 Å². The van der Waals surface area contributed by atoms with Crippen LogP contribution in [0.3, 0.4) is 0 Å². The Kier molecular flexibility index (Phi) is 3.66. The number of thioether (sulfide) groups is 1. The van der Waals surface area contributed by atoms with Gasteiger partial charge in [-0.25, -0.2) is 0 Å². The molecule has 1 aromatic carbocycles. The average Bonchev–Trinajstić information content (AvgIpc) is 2.38. The number of nitrogens with zero attached hydrogens (tertiary/aromatic N) is 4. The van der Waals surface area contributed by atoms with Crippen molar-refractivity contribution in [3.8, 4) is 0 Å². The molecule has 5 nitrogen and oxygen atoms in total. The SMILES string of the molecule is CSc1nncc(=O)n1/N=C/c1ccccc1. The van der Waals surface area contributed by atoms with E-state index in [2.05, 4.69) is 15.3 Å². The summed E-state index contributed by atoms with van der Waals surface area (Å²) in [6.07, 6.45) is 4.57. The lowest BCUT2D eigenvalue weighted by Gasteiger charge is -2.01. The summed E-state index contributed by atoms with van der Waals surface area (Å²) in [6.45, 7) is 0. The molecule has 0 radical (unpaired) electrons. The first kappa shape index (κ1) is 11.5. The Bertz CT molecular complexity index is 580. The largest absolute Gasteiger partial charge is 0.293 e. The van der Waals surface area contributed by atoms with Crippen LogP contribution in [0, 0.1) is 0 Å². The van der Waals surface area contributed by atoms with Crippen LogP contribution in [0.2, 0.25) is 0 Å². The van der Waals surface area contributed by atoms with E-state index >= 15 is 0 Å². The fourth-order valence-electron chi connectivity index (χ4n) is 1.22. The molecule has 0 fully saturated rings. The van der Waals surface area contributed by atoms with Gasteiger partial charge in [0, 0.05) is 0 Å². The third-order valence-electron chi connectivity index (χ3n) is 2.01. The molecule has 0 amide bonds. The van der Waals surface area contributed by atoms with Gasteiger partial charge in [-0.1, -0.05) is 42.1 Å². The standard InChI is InChI=1S/C11H10N4OS/c1-17-11-14-12-8-10(16)15(11)13-7-9-5-3-2-4-6-9/h2-8H,1H3/b13-7+. The first-order valence-corrected chi connectivity index (χ1v) is 6.12. The number of hydrogen-bond acceptors (Lipinski definition) is 5. The summed E-state index contributed by atoms with van der Waals surface area (Å²) in [4.78, 5) is 11.6. The van der Waals surface area contributed by atoms with Gasteiger partial charge in [-0.3, -0.25) is 4.79 Å². The van der Waals surface area contributed by atoms with Crippen molar-refractivity contribution in [3.63, 3.8) is 0 Å². The molecule has 1 aromatic heterocycles. The summed E-state index contributed by atoms with van der Waals surface area (Å²) in [5.41, 5.74) is 0.625. The van der Waals surface area contributed by atoms with Crippen LogP contribution in [0.25, 0.3) is 0 Å². The summed E-state index contributed by atoms with van der Waals surface area (Å²) in [7, 11) is 0. The van der Waals surface area contributed by atoms with Crippen LogP contribution in [0.4, 0.5) is 0 Å². The minimum absolute atomic E-state index is 0.295. The molecule has 0 aliphatic carbocycles. The van der Waals surface area contributed by atoms with E-state index in [1.807, 2.05) is 36.6 Å². The molecule has 2 aromatic rings. The van der Waals surface area contributed by atoms with E-state index in [0.29, 0.717) is 5.16 Å². The maximum Gasteiger partial charge on any atom is 0.293 e. The topological polar surface area (TPSA) is 60.1 Å². The maximum absolute atomic E-state index is 11.6. The van der Waals surface area contributed by atoms with Gasteiger partial charge < -0.3 is 0 Å². The van der Waals surface area contributed by atoms with E-state index in [-0.39, 0.29) is 5.56 Å². The lowest BCUT2D eigenvalue weighted by atomic mass is 10.2. The lowest BCUT2D eigenvalue weighted by Crippen LogP contribution is -2.19. The fourth-order valence-corrected chi connectivity index (χ4v) is 1.65. The Morgan fingerprint density at radius 1 is 1.35 bits per heavy atom. The van der Waals surface area contributed by atoms with Crippen molar-refractivity contribution < 1.29 is 0 Å². The summed E-state index contributed by atoms with van der Waals surface area (Å²) in [5.74, 6) is 0. The highest BCUT2D eigenvalue weighted by atomic mass is 32.2. The summed E-state index contributed by atoms with van der Waals surface area (Å²) >= 11 is 1.32. The smallest absolute Gasteiger partial charge is 0.265 e. The van der Waals surface area contributed by atoms with E-state index in [1.165, 1.54) is 16.4 Å². The molecule has 0 atom stereocenters. The third-order valence-corrected chi connectivity index (χ3v) is 2.63. The molecule has 0 N–H and O–H groups in total. The van der Waals surface area contributed by atoms with Gasteiger partial charge >= 0.3 is 0 Å². The van der Waals surface area contributed by atoms with Crippen LogP contribution in [-0.2, 0) is 0 Å². The first-order valence-electron chi connectivity index (χ1n) is 4.89. The number of hydrogen-bond donors (Lipinski definition) is 0. The summed E-state index contributed by atoms with van der Waals surface area (Å²) < 4.78 is 1.23. The average molecular weight is 246 g/mol. The highest BCUT2D eigenvalue weighted by Crippen LogP contribution is 2.06. The van der Waals surface area contributed by atoms with E-state index in [1.54, 1.807) is 6.21 Å². The molecular formula is C11H10N4OS. The Morgan fingerprint density at radius 2 is 2.12 bits per heavy atom. The van der Waals surface area contributed by atoms with Crippen LogP contribution in [0.5, 0.6) is 0 Å².